The molecule has 0 heterocycles. The lowest BCUT2D eigenvalue weighted by Crippen LogP contribution is -1.75. The Balaban J connectivity index is 3.94. The molecule has 0 spiro atoms. The Morgan fingerprint density at radius 1 is 1.38 bits per heavy atom. The van der Waals surface area contributed by atoms with Crippen molar-refractivity contribution >= 4 is 15.3 Å². The lowest BCUT2D eigenvalue weighted by atomic mass is 11.9. The maximum atomic E-state index is 9.75. The Kier molecular flexibility index (Phi) is 2.57. The average Bonchev–Trinajstić information content (AvgIpc) is 1.21. The van der Waals surface area contributed by atoms with Gasteiger partial charge < -0.3 is 9.79 Å². The largest absolute Gasteiger partial charge is 0.339 e. The van der Waals surface area contributed by atoms with Crippen LogP contribution in [0.15, 0.2) is 0 Å². The summed E-state index contributed by atoms with van der Waals surface area (Å²) < 4.78 is 28.9. The van der Waals surface area contributed by atoms with Gasteiger partial charge in [0.25, 0.3) is 0 Å². The first-order chi connectivity index (χ1) is 3.42. The van der Waals surface area contributed by atoms with Gasteiger partial charge in [0, 0.05) is 0 Å². The van der Waals surface area contributed by atoms with Gasteiger partial charge in [-0.25, -0.2) is 9.13 Å². The molecule has 8 heavy (non-hydrogen) atoms. The van der Waals surface area contributed by atoms with Crippen molar-refractivity contribution in [3.63, 3.8) is 0 Å². The zero-order chi connectivity index (χ0) is 6.78. The molecule has 0 saturated carbocycles. The highest BCUT2D eigenvalue weighted by Crippen LogP contribution is 2.39. The summed E-state index contributed by atoms with van der Waals surface area (Å²) in [5, 5.41) is 0. The van der Waals surface area contributed by atoms with Crippen molar-refractivity contribution in [2.24, 2.45) is 0 Å². The van der Waals surface area contributed by atoms with Crippen molar-refractivity contribution < 1.29 is 23.5 Å². The van der Waals surface area contributed by atoms with Gasteiger partial charge >= 0.3 is 15.3 Å². The highest BCUT2D eigenvalue weighted by atomic mass is 31.2. The minimum Gasteiger partial charge on any atom is -0.324 e. The van der Waals surface area contributed by atoms with E-state index in [2.05, 4.69) is 0 Å². The molecule has 0 unspecified atom stereocenters. The van der Waals surface area contributed by atoms with Crippen molar-refractivity contribution in [2.75, 3.05) is 5.90 Å². The average molecular weight is 158 g/mol. The Bertz CT molecular complexity index is 165. The molecule has 0 atom stereocenters. The summed E-state index contributed by atoms with van der Waals surface area (Å²) in [6.07, 6.45) is 0. The van der Waals surface area contributed by atoms with E-state index >= 15 is 0 Å². The first-order valence-corrected chi connectivity index (χ1v) is 4.74. The van der Waals surface area contributed by atoms with Gasteiger partial charge in [-0.1, -0.05) is 0 Å². The molecule has 5 nitrogen and oxygen atoms in total. The van der Waals surface area contributed by atoms with E-state index in [1.165, 1.54) is 0 Å². The summed E-state index contributed by atoms with van der Waals surface area (Å²) >= 11 is 0. The second-order valence-electron chi connectivity index (χ2n) is 1.14. The molecule has 0 aromatic carbocycles. The molecule has 0 saturated heterocycles. The van der Waals surface area contributed by atoms with E-state index in [0.717, 1.165) is 0 Å². The molecule has 0 fully saturated rings. The third-order valence-corrected chi connectivity index (χ3v) is 2.70. The van der Waals surface area contributed by atoms with Crippen LogP contribution in [0.5, 0.6) is 0 Å². The molecule has 0 aromatic rings. The summed E-state index contributed by atoms with van der Waals surface area (Å²) in [5.41, 5.74) is 0. The highest BCUT2D eigenvalue weighted by Gasteiger charge is 2.15. The molecule has 0 aromatic heterocycles. The molecule has 0 amide bonds. The van der Waals surface area contributed by atoms with Crippen LogP contribution in [0, 0.1) is 0 Å². The van der Waals surface area contributed by atoms with Gasteiger partial charge in [0.2, 0.25) is 0 Å². The SMILES string of the molecule is O=P(=O)CP(=O)(O)O. The second-order valence-corrected chi connectivity index (χ2v) is 4.27. The third kappa shape index (κ3) is 6.05. The van der Waals surface area contributed by atoms with Gasteiger partial charge in [-0.15, -0.1) is 0 Å². The lowest BCUT2D eigenvalue weighted by Gasteiger charge is -1.91. The molecule has 0 bridgehead atoms. The van der Waals surface area contributed by atoms with Crippen LogP contribution in [0.25, 0.3) is 0 Å². The standard InChI is InChI=1S/CH4O5P2/c2-7(3)1-8(4,5)6/h1H2,(H2,4,5,6). The van der Waals surface area contributed by atoms with Crippen LogP contribution < -0.4 is 0 Å². The normalized spacial score (nSPS) is 11.2. The Morgan fingerprint density at radius 2 is 1.75 bits per heavy atom. The molecule has 0 rings (SSSR count). The number of rotatable bonds is 2. The molecule has 0 aliphatic rings. The van der Waals surface area contributed by atoms with Crippen LogP contribution in [0.3, 0.4) is 0 Å². The summed E-state index contributed by atoms with van der Waals surface area (Å²) in [4.78, 5) is 15.8. The van der Waals surface area contributed by atoms with Crippen LogP contribution in [-0.4, -0.2) is 15.7 Å². The Hall–Kier alpha value is 0.0500. The molecule has 48 valence electrons. The van der Waals surface area contributed by atoms with Crippen molar-refractivity contribution in [3.05, 3.63) is 0 Å². The Morgan fingerprint density at radius 3 is 1.75 bits per heavy atom. The summed E-state index contributed by atoms with van der Waals surface area (Å²) in [6, 6.07) is 0. The molecule has 0 aliphatic heterocycles. The zero-order valence-corrected chi connectivity index (χ0v) is 5.51. The maximum Gasteiger partial charge on any atom is 0.339 e. The van der Waals surface area contributed by atoms with Crippen molar-refractivity contribution in [3.8, 4) is 0 Å². The lowest BCUT2D eigenvalue weighted by molar-refractivity contribution is 0.378. The minimum absolute atomic E-state index is 1.05. The fraction of sp³-hybridized carbons (Fsp3) is 1.00. The molecule has 0 aliphatic carbocycles. The number of hydrogen-bond acceptors (Lipinski definition) is 3. The van der Waals surface area contributed by atoms with E-state index in [1.807, 2.05) is 0 Å². The van der Waals surface area contributed by atoms with E-state index < -0.39 is 21.2 Å². The predicted molar refractivity (Wildman–Crippen MR) is 25.2 cm³/mol. The van der Waals surface area contributed by atoms with Gasteiger partial charge in [-0.2, -0.15) is 0 Å². The maximum absolute atomic E-state index is 9.75. The van der Waals surface area contributed by atoms with Gasteiger partial charge in [-0.3, -0.25) is 4.57 Å². The van der Waals surface area contributed by atoms with Crippen molar-refractivity contribution in [1.82, 2.24) is 0 Å². The van der Waals surface area contributed by atoms with Crippen LogP contribution in [-0.2, 0) is 13.7 Å². The van der Waals surface area contributed by atoms with E-state index in [0.29, 0.717) is 0 Å². The molecule has 0 radical (unpaired) electrons. The van der Waals surface area contributed by atoms with E-state index in [4.69, 9.17) is 9.79 Å². The summed E-state index contributed by atoms with van der Waals surface area (Å²) in [6.45, 7) is 0. The fourth-order valence-electron chi connectivity index (χ4n) is 0.150. The van der Waals surface area contributed by atoms with E-state index in [1.54, 1.807) is 0 Å². The van der Waals surface area contributed by atoms with Crippen LogP contribution in [0.4, 0.5) is 0 Å². The Labute approximate surface area is 45.7 Å². The summed E-state index contributed by atoms with van der Waals surface area (Å²) in [7, 11) is -7.27. The molecule has 7 heteroatoms. The first kappa shape index (κ1) is 8.05. The first-order valence-electron chi connectivity index (χ1n) is 1.58. The monoisotopic (exact) mass is 158 g/mol. The third-order valence-electron chi connectivity index (χ3n) is 0.300. The van der Waals surface area contributed by atoms with Gasteiger partial charge in [0.1, 0.15) is 0 Å². The van der Waals surface area contributed by atoms with E-state index in [-0.39, 0.29) is 0 Å². The highest BCUT2D eigenvalue weighted by molar-refractivity contribution is 7.62. The van der Waals surface area contributed by atoms with Crippen molar-refractivity contribution in [2.45, 2.75) is 0 Å². The van der Waals surface area contributed by atoms with Crippen molar-refractivity contribution in [1.29, 1.82) is 0 Å². The van der Waals surface area contributed by atoms with Gasteiger partial charge in [-0.05, 0) is 0 Å². The smallest absolute Gasteiger partial charge is 0.324 e. The number of hydrogen-bond donors (Lipinski definition) is 2. The van der Waals surface area contributed by atoms with Crippen LogP contribution >= 0.6 is 15.3 Å². The van der Waals surface area contributed by atoms with E-state index in [9.17, 15) is 13.7 Å². The summed E-state index contributed by atoms with van der Waals surface area (Å²) in [5.74, 6) is -1.05. The second kappa shape index (κ2) is 2.55. The molecular formula is CH4O5P2. The van der Waals surface area contributed by atoms with Crippen LogP contribution in [0.1, 0.15) is 0 Å². The van der Waals surface area contributed by atoms with Gasteiger partial charge in [0.15, 0.2) is 5.90 Å². The topological polar surface area (TPSA) is 91.7 Å². The fourth-order valence-corrected chi connectivity index (χ4v) is 1.35. The molecular weight excluding hydrogens is 154 g/mol. The molecule has 2 N–H and O–H groups in total. The quantitative estimate of drug-likeness (QED) is 0.563. The zero-order valence-electron chi connectivity index (χ0n) is 3.72. The predicted octanol–water partition coefficient (Wildman–Crippen LogP) is 0.294. The van der Waals surface area contributed by atoms with Gasteiger partial charge in [0.05, 0.1) is 0 Å². The van der Waals surface area contributed by atoms with Crippen LogP contribution in [0.2, 0.25) is 0 Å². The minimum atomic E-state index is -4.32.